The van der Waals surface area contributed by atoms with Gasteiger partial charge in [-0.2, -0.15) is 0 Å². The first kappa shape index (κ1) is 21.5. The summed E-state index contributed by atoms with van der Waals surface area (Å²) in [6.45, 7) is 2.08. The summed E-state index contributed by atoms with van der Waals surface area (Å²) in [4.78, 5) is 35.0. The molecule has 1 aliphatic carbocycles. The maximum absolute atomic E-state index is 11.7. The molecular formula is C21H28N2O5. The first-order valence-corrected chi connectivity index (χ1v) is 9.63. The third-order valence-corrected chi connectivity index (χ3v) is 4.30. The maximum Gasteiger partial charge on any atom is 0.321 e. The van der Waals surface area contributed by atoms with Crippen molar-refractivity contribution < 1.29 is 23.9 Å². The van der Waals surface area contributed by atoms with E-state index in [9.17, 15) is 14.4 Å². The number of carbonyl (C=O) groups excluding carboxylic acids is 3. The third-order valence-electron chi connectivity index (χ3n) is 4.30. The van der Waals surface area contributed by atoms with Gasteiger partial charge >= 0.3 is 12.0 Å². The van der Waals surface area contributed by atoms with Crippen molar-refractivity contribution in [3.8, 4) is 5.75 Å². The number of carbonyl (C=O) groups is 3. The number of urea groups is 1. The summed E-state index contributed by atoms with van der Waals surface area (Å²) in [6.07, 6.45) is 7.62. The van der Waals surface area contributed by atoms with E-state index in [0.29, 0.717) is 12.3 Å². The molecule has 0 atom stereocenters. The van der Waals surface area contributed by atoms with Crippen LogP contribution in [0.4, 0.5) is 4.79 Å². The van der Waals surface area contributed by atoms with E-state index in [0.717, 1.165) is 24.8 Å². The number of esters is 1. The van der Waals surface area contributed by atoms with Crippen molar-refractivity contribution in [1.29, 1.82) is 0 Å². The third kappa shape index (κ3) is 8.70. The molecule has 0 aliphatic heterocycles. The van der Waals surface area contributed by atoms with Crippen molar-refractivity contribution in [3.63, 3.8) is 0 Å². The summed E-state index contributed by atoms with van der Waals surface area (Å²) in [7, 11) is 0. The van der Waals surface area contributed by atoms with Crippen LogP contribution < -0.4 is 15.4 Å². The van der Waals surface area contributed by atoms with Gasteiger partial charge in [-0.15, -0.1) is 0 Å². The van der Waals surface area contributed by atoms with Crippen molar-refractivity contribution in [2.24, 2.45) is 0 Å². The van der Waals surface area contributed by atoms with Crippen molar-refractivity contribution in [2.45, 2.75) is 45.4 Å². The predicted octanol–water partition coefficient (Wildman–Crippen LogP) is 3.02. The van der Waals surface area contributed by atoms with Crippen molar-refractivity contribution >= 4 is 17.9 Å². The van der Waals surface area contributed by atoms with E-state index in [1.54, 1.807) is 6.07 Å². The van der Waals surface area contributed by atoms with Crippen LogP contribution in [0.2, 0.25) is 0 Å². The highest BCUT2D eigenvalue weighted by Crippen LogP contribution is 2.19. The van der Waals surface area contributed by atoms with E-state index < -0.39 is 24.5 Å². The zero-order chi connectivity index (χ0) is 20.2. The molecule has 2 rings (SSSR count). The van der Waals surface area contributed by atoms with E-state index in [2.05, 4.69) is 16.7 Å². The van der Waals surface area contributed by atoms with Gasteiger partial charge in [-0.25, -0.2) is 4.79 Å². The lowest BCUT2D eigenvalue weighted by Crippen LogP contribution is -2.41. The molecule has 2 N–H and O–H groups in total. The Bertz CT molecular complexity index is 715. The first-order valence-electron chi connectivity index (χ1n) is 9.63. The van der Waals surface area contributed by atoms with Crippen LogP contribution in [0.1, 0.15) is 44.1 Å². The molecule has 1 aromatic carbocycles. The van der Waals surface area contributed by atoms with Crippen LogP contribution in [-0.4, -0.2) is 37.7 Å². The second-order valence-electron chi connectivity index (χ2n) is 6.74. The Morgan fingerprint density at radius 3 is 2.79 bits per heavy atom. The molecular weight excluding hydrogens is 360 g/mol. The SMILES string of the molecule is Cc1cccc(OCCC(=O)OCC(=O)NC(=O)NCCC2=CCCCC2)c1. The first-order chi connectivity index (χ1) is 13.5. The summed E-state index contributed by atoms with van der Waals surface area (Å²) in [6, 6.07) is 6.89. The van der Waals surface area contributed by atoms with Crippen LogP contribution >= 0.6 is 0 Å². The predicted molar refractivity (Wildman–Crippen MR) is 105 cm³/mol. The quantitative estimate of drug-likeness (QED) is 0.501. The number of allylic oxidation sites excluding steroid dienone is 1. The van der Waals surface area contributed by atoms with Gasteiger partial charge in [0.1, 0.15) is 5.75 Å². The maximum atomic E-state index is 11.7. The molecule has 0 aromatic heterocycles. The smallest absolute Gasteiger partial charge is 0.321 e. The zero-order valence-electron chi connectivity index (χ0n) is 16.3. The molecule has 7 heteroatoms. The molecule has 152 valence electrons. The number of aryl methyl sites for hydroxylation is 1. The normalized spacial score (nSPS) is 13.2. The molecule has 3 amide bonds. The van der Waals surface area contributed by atoms with Crippen LogP contribution in [-0.2, 0) is 14.3 Å². The Morgan fingerprint density at radius 2 is 2.04 bits per heavy atom. The standard InChI is InChI=1S/C21H28N2O5/c1-16-6-5-9-18(14-16)27-13-11-20(25)28-15-19(24)23-21(26)22-12-10-17-7-3-2-4-8-17/h5-7,9,14H,2-4,8,10-13,15H2,1H3,(H2,22,23,24,26). The number of rotatable bonds is 9. The number of ether oxygens (including phenoxy) is 2. The summed E-state index contributed by atoms with van der Waals surface area (Å²) in [5.74, 6) is -0.555. The number of nitrogens with one attached hydrogen (secondary N) is 2. The molecule has 1 aromatic rings. The van der Waals surface area contributed by atoms with E-state index in [-0.39, 0.29) is 13.0 Å². The van der Waals surface area contributed by atoms with Crippen LogP contribution in [0, 0.1) is 6.92 Å². The van der Waals surface area contributed by atoms with Gasteiger partial charge in [0.05, 0.1) is 13.0 Å². The Balaban J connectivity index is 1.53. The molecule has 0 saturated heterocycles. The molecule has 0 heterocycles. The minimum absolute atomic E-state index is 0.0164. The van der Waals surface area contributed by atoms with E-state index in [1.807, 2.05) is 25.1 Å². The van der Waals surface area contributed by atoms with Gasteiger partial charge in [0.2, 0.25) is 0 Å². The Hall–Kier alpha value is -2.83. The largest absolute Gasteiger partial charge is 0.493 e. The van der Waals surface area contributed by atoms with Gasteiger partial charge in [-0.05, 0) is 56.7 Å². The topological polar surface area (TPSA) is 93.7 Å². The van der Waals surface area contributed by atoms with Gasteiger partial charge in [0.15, 0.2) is 6.61 Å². The Morgan fingerprint density at radius 1 is 1.18 bits per heavy atom. The van der Waals surface area contributed by atoms with Gasteiger partial charge in [0, 0.05) is 6.54 Å². The van der Waals surface area contributed by atoms with Crippen LogP contribution in [0.15, 0.2) is 35.9 Å². The summed E-state index contributed by atoms with van der Waals surface area (Å²) in [5.41, 5.74) is 2.41. The fourth-order valence-corrected chi connectivity index (χ4v) is 2.85. The molecule has 7 nitrogen and oxygen atoms in total. The van der Waals surface area contributed by atoms with E-state index in [4.69, 9.17) is 9.47 Å². The zero-order valence-corrected chi connectivity index (χ0v) is 16.3. The second-order valence-corrected chi connectivity index (χ2v) is 6.74. The summed E-state index contributed by atoms with van der Waals surface area (Å²) < 4.78 is 10.3. The van der Waals surface area contributed by atoms with Crippen LogP contribution in [0.3, 0.4) is 0 Å². The van der Waals surface area contributed by atoms with Crippen LogP contribution in [0.5, 0.6) is 5.75 Å². The monoisotopic (exact) mass is 388 g/mol. The number of imide groups is 1. The van der Waals surface area contributed by atoms with Gasteiger partial charge in [0.25, 0.3) is 5.91 Å². The lowest BCUT2D eigenvalue weighted by Gasteiger charge is -2.13. The van der Waals surface area contributed by atoms with E-state index in [1.165, 1.54) is 18.4 Å². The van der Waals surface area contributed by atoms with Crippen molar-refractivity contribution in [3.05, 3.63) is 41.5 Å². The van der Waals surface area contributed by atoms with Gasteiger partial charge in [-0.3, -0.25) is 14.9 Å². The fourth-order valence-electron chi connectivity index (χ4n) is 2.85. The van der Waals surface area contributed by atoms with Gasteiger partial charge in [-0.1, -0.05) is 23.8 Å². The van der Waals surface area contributed by atoms with Gasteiger partial charge < -0.3 is 14.8 Å². The summed E-state index contributed by atoms with van der Waals surface area (Å²) in [5, 5.41) is 4.78. The summed E-state index contributed by atoms with van der Waals surface area (Å²) >= 11 is 0. The molecule has 0 fully saturated rings. The average Bonchev–Trinajstić information content (AvgIpc) is 2.67. The molecule has 0 spiro atoms. The number of benzene rings is 1. The lowest BCUT2D eigenvalue weighted by molar-refractivity contribution is -0.148. The number of amides is 3. The minimum atomic E-state index is -0.665. The molecule has 1 aliphatic rings. The van der Waals surface area contributed by atoms with Crippen LogP contribution in [0.25, 0.3) is 0 Å². The second kappa shape index (κ2) is 11.8. The van der Waals surface area contributed by atoms with Crippen molar-refractivity contribution in [2.75, 3.05) is 19.8 Å². The molecule has 0 radical (unpaired) electrons. The molecule has 0 bridgehead atoms. The average molecular weight is 388 g/mol. The minimum Gasteiger partial charge on any atom is -0.493 e. The molecule has 28 heavy (non-hydrogen) atoms. The molecule has 0 saturated carbocycles. The lowest BCUT2D eigenvalue weighted by atomic mass is 9.97. The Kier molecular flexibility index (Phi) is 9.04. The highest BCUT2D eigenvalue weighted by Gasteiger charge is 2.11. The highest BCUT2D eigenvalue weighted by atomic mass is 16.5. The van der Waals surface area contributed by atoms with E-state index >= 15 is 0 Å². The number of hydrogen-bond acceptors (Lipinski definition) is 5. The Labute approximate surface area is 165 Å². The highest BCUT2D eigenvalue weighted by molar-refractivity contribution is 5.95. The van der Waals surface area contributed by atoms with Crippen molar-refractivity contribution in [1.82, 2.24) is 10.6 Å². The fraction of sp³-hybridized carbons (Fsp3) is 0.476. The molecule has 0 unspecified atom stereocenters. The number of hydrogen-bond donors (Lipinski definition) is 2.